The largest absolute Gasteiger partial charge is 0.417 e. The fraction of sp³-hybridized carbons (Fsp3) is 0.240. The van der Waals surface area contributed by atoms with Crippen molar-refractivity contribution in [2.75, 3.05) is 17.2 Å². The highest BCUT2D eigenvalue weighted by atomic mass is 19.4. The first-order valence-electron chi connectivity index (χ1n) is 11.3. The number of aliphatic hydroxyl groups excluding tert-OH is 1. The zero-order valence-electron chi connectivity index (χ0n) is 19.4. The minimum Gasteiger partial charge on any atom is -0.391 e. The smallest absolute Gasteiger partial charge is 0.391 e. The molecule has 0 unspecified atom stereocenters. The number of hydrogen-bond acceptors (Lipinski definition) is 8. The summed E-state index contributed by atoms with van der Waals surface area (Å²) >= 11 is 0. The molecule has 37 heavy (non-hydrogen) atoms. The van der Waals surface area contributed by atoms with Crippen LogP contribution in [0, 0.1) is 18.3 Å². The second kappa shape index (κ2) is 8.86. The lowest BCUT2D eigenvalue weighted by molar-refractivity contribution is -0.136. The zero-order valence-corrected chi connectivity index (χ0v) is 19.4. The highest BCUT2D eigenvalue weighted by Crippen LogP contribution is 2.39. The van der Waals surface area contributed by atoms with E-state index in [1.807, 2.05) is 6.07 Å². The second-order valence-electron chi connectivity index (χ2n) is 8.68. The number of para-hydroxylation sites is 1. The summed E-state index contributed by atoms with van der Waals surface area (Å²) in [6.45, 7) is 1.62. The molecule has 9 nitrogen and oxygen atoms in total. The van der Waals surface area contributed by atoms with Crippen molar-refractivity contribution in [3.05, 3.63) is 81.5 Å². The lowest BCUT2D eigenvalue weighted by Crippen LogP contribution is -2.33. The Hall–Kier alpha value is -4.50. The Morgan fingerprint density at radius 2 is 1.84 bits per heavy atom. The quantitative estimate of drug-likeness (QED) is 0.432. The van der Waals surface area contributed by atoms with Crippen molar-refractivity contribution in [2.24, 2.45) is 0 Å². The standard InChI is InChI=1S/C25H20F3N7O2/c1-13-16(11-29)21(33-24(30)31-13)34-12-15(36)10-19(34)22-32-18-9-5-8-17(25(26,27)28)20(18)23(37)35(22)14-6-3-2-4-7-14/h2-9,15,19,36H,10,12H2,1H3,(H2,30,31,33)/t15-,19-/m0/s1. The van der Waals surface area contributed by atoms with Crippen molar-refractivity contribution in [3.63, 3.8) is 0 Å². The van der Waals surface area contributed by atoms with E-state index in [9.17, 15) is 28.3 Å². The number of nitrogens with zero attached hydrogens (tertiary/aromatic N) is 6. The number of aromatic nitrogens is 4. The first-order chi connectivity index (χ1) is 17.6. The first-order valence-corrected chi connectivity index (χ1v) is 11.3. The van der Waals surface area contributed by atoms with Crippen LogP contribution in [0.25, 0.3) is 16.6 Å². The molecule has 2 aromatic carbocycles. The average molecular weight is 507 g/mol. The molecule has 0 bridgehead atoms. The molecular formula is C25H20F3N7O2. The lowest BCUT2D eigenvalue weighted by atomic mass is 10.1. The van der Waals surface area contributed by atoms with Crippen molar-refractivity contribution in [3.8, 4) is 11.8 Å². The van der Waals surface area contributed by atoms with Gasteiger partial charge in [-0.15, -0.1) is 0 Å². The van der Waals surface area contributed by atoms with Gasteiger partial charge < -0.3 is 15.7 Å². The first kappa shape index (κ1) is 24.2. The number of halogens is 3. The third-order valence-corrected chi connectivity index (χ3v) is 6.29. The fourth-order valence-corrected chi connectivity index (χ4v) is 4.74. The van der Waals surface area contributed by atoms with E-state index in [1.54, 1.807) is 42.2 Å². The number of nitrogen functional groups attached to an aromatic ring is 1. The molecule has 1 aliphatic rings. The predicted octanol–water partition coefficient (Wildman–Crippen LogP) is 3.27. The van der Waals surface area contributed by atoms with Gasteiger partial charge in [-0.05, 0) is 31.2 Å². The van der Waals surface area contributed by atoms with E-state index < -0.39 is 34.8 Å². The van der Waals surface area contributed by atoms with E-state index in [-0.39, 0.29) is 41.6 Å². The van der Waals surface area contributed by atoms with Gasteiger partial charge in [-0.3, -0.25) is 9.36 Å². The van der Waals surface area contributed by atoms with E-state index in [2.05, 4.69) is 15.0 Å². The molecule has 0 spiro atoms. The number of alkyl halides is 3. The van der Waals surface area contributed by atoms with Gasteiger partial charge in [0, 0.05) is 13.0 Å². The number of nitriles is 1. The summed E-state index contributed by atoms with van der Waals surface area (Å²) < 4.78 is 42.7. The van der Waals surface area contributed by atoms with Crippen molar-refractivity contribution in [2.45, 2.75) is 31.7 Å². The van der Waals surface area contributed by atoms with Gasteiger partial charge in [-0.1, -0.05) is 24.3 Å². The summed E-state index contributed by atoms with van der Waals surface area (Å²) in [5, 5.41) is 19.8. The SMILES string of the molecule is Cc1nc(N)nc(N2C[C@@H](O)C[C@H]2c2nc3cccc(C(F)(F)F)c3c(=O)n2-c2ccccc2)c1C#N. The number of fused-ring (bicyclic) bond motifs is 1. The summed E-state index contributed by atoms with van der Waals surface area (Å²) in [7, 11) is 0. The van der Waals surface area contributed by atoms with Crippen LogP contribution in [-0.4, -0.2) is 37.3 Å². The number of nitrogens with two attached hydrogens (primary N) is 1. The van der Waals surface area contributed by atoms with Crippen LogP contribution in [0.3, 0.4) is 0 Å². The minimum absolute atomic E-state index is 0.0283. The molecule has 3 N–H and O–H groups in total. The van der Waals surface area contributed by atoms with E-state index in [4.69, 9.17) is 5.73 Å². The average Bonchev–Trinajstić information content (AvgIpc) is 3.24. The van der Waals surface area contributed by atoms with Crippen LogP contribution < -0.4 is 16.2 Å². The van der Waals surface area contributed by atoms with Gasteiger partial charge in [0.2, 0.25) is 5.95 Å². The summed E-state index contributed by atoms with van der Waals surface area (Å²) in [5.41, 5.74) is 4.47. The van der Waals surface area contributed by atoms with E-state index in [1.165, 1.54) is 12.1 Å². The highest BCUT2D eigenvalue weighted by Gasteiger charge is 2.40. The highest BCUT2D eigenvalue weighted by molar-refractivity contribution is 5.82. The Morgan fingerprint density at radius 1 is 1.11 bits per heavy atom. The monoisotopic (exact) mass is 507 g/mol. The van der Waals surface area contributed by atoms with Gasteiger partial charge in [-0.25, -0.2) is 9.97 Å². The van der Waals surface area contributed by atoms with Crippen LogP contribution in [0.2, 0.25) is 0 Å². The van der Waals surface area contributed by atoms with Crippen LogP contribution in [0.15, 0.2) is 53.3 Å². The number of hydrogen-bond donors (Lipinski definition) is 2. The topological polar surface area (TPSA) is 134 Å². The minimum atomic E-state index is -4.77. The molecule has 1 aliphatic heterocycles. The number of β-amino-alcohol motifs (C(OH)–C–C–N with tert-alkyl or cyclic N) is 1. The molecule has 1 fully saturated rings. The summed E-state index contributed by atoms with van der Waals surface area (Å²) in [6, 6.07) is 12.8. The van der Waals surface area contributed by atoms with Gasteiger partial charge in [-0.2, -0.15) is 23.4 Å². The van der Waals surface area contributed by atoms with E-state index in [0.29, 0.717) is 11.4 Å². The molecule has 1 saturated heterocycles. The van der Waals surface area contributed by atoms with Crippen molar-refractivity contribution < 1.29 is 18.3 Å². The molecule has 12 heteroatoms. The lowest BCUT2D eigenvalue weighted by Gasteiger charge is -2.28. The van der Waals surface area contributed by atoms with Crippen LogP contribution >= 0.6 is 0 Å². The second-order valence-corrected chi connectivity index (χ2v) is 8.68. The van der Waals surface area contributed by atoms with Crippen LogP contribution in [0.5, 0.6) is 0 Å². The Labute approximate surface area is 208 Å². The molecule has 0 radical (unpaired) electrons. The van der Waals surface area contributed by atoms with Gasteiger partial charge in [0.05, 0.1) is 40.0 Å². The Morgan fingerprint density at radius 3 is 2.51 bits per heavy atom. The fourth-order valence-electron chi connectivity index (χ4n) is 4.74. The predicted molar refractivity (Wildman–Crippen MR) is 129 cm³/mol. The molecule has 188 valence electrons. The van der Waals surface area contributed by atoms with E-state index >= 15 is 0 Å². The van der Waals surface area contributed by atoms with Gasteiger partial charge >= 0.3 is 6.18 Å². The third kappa shape index (κ3) is 4.13. The summed E-state index contributed by atoms with van der Waals surface area (Å²) in [5.74, 6) is 0.152. The number of benzene rings is 2. The molecule has 5 rings (SSSR count). The van der Waals surface area contributed by atoms with Gasteiger partial charge in [0.15, 0.2) is 5.82 Å². The molecule has 0 aliphatic carbocycles. The molecule has 2 atom stereocenters. The maximum absolute atomic E-state index is 13.9. The van der Waals surface area contributed by atoms with E-state index in [0.717, 1.165) is 10.6 Å². The molecule has 0 saturated carbocycles. The zero-order chi connectivity index (χ0) is 26.5. The summed E-state index contributed by atoms with van der Waals surface area (Å²) in [6.07, 6.45) is -5.59. The normalized spacial score (nSPS) is 17.8. The van der Waals surface area contributed by atoms with Crippen LogP contribution in [-0.2, 0) is 6.18 Å². The molecule has 3 heterocycles. The number of anilines is 2. The van der Waals surface area contributed by atoms with Crippen molar-refractivity contribution >= 4 is 22.7 Å². The van der Waals surface area contributed by atoms with Crippen molar-refractivity contribution in [1.29, 1.82) is 5.26 Å². The number of rotatable bonds is 3. The number of aliphatic hydroxyl groups is 1. The van der Waals surface area contributed by atoms with Gasteiger partial charge in [0.1, 0.15) is 17.5 Å². The maximum atomic E-state index is 13.9. The third-order valence-electron chi connectivity index (χ3n) is 6.29. The number of aryl methyl sites for hydroxylation is 1. The maximum Gasteiger partial charge on any atom is 0.417 e. The summed E-state index contributed by atoms with van der Waals surface area (Å²) in [4.78, 5) is 28.1. The molecule has 4 aromatic rings. The molecule has 2 aromatic heterocycles. The Kier molecular flexibility index (Phi) is 5.80. The van der Waals surface area contributed by atoms with Crippen molar-refractivity contribution in [1.82, 2.24) is 19.5 Å². The van der Waals surface area contributed by atoms with Crippen LogP contribution in [0.4, 0.5) is 24.9 Å². The molecular weight excluding hydrogens is 487 g/mol. The Balaban J connectivity index is 1.83. The van der Waals surface area contributed by atoms with Crippen LogP contribution in [0.1, 0.15) is 35.1 Å². The molecule has 0 amide bonds. The Bertz CT molecular complexity index is 1610. The van der Waals surface area contributed by atoms with Gasteiger partial charge in [0.25, 0.3) is 5.56 Å².